The van der Waals surface area contributed by atoms with Gasteiger partial charge in [-0.2, -0.15) is 0 Å². The quantitative estimate of drug-likeness (QED) is 0.746. The average molecular weight is 261 g/mol. The maximum Gasteiger partial charge on any atom is 0.411 e. The summed E-state index contributed by atoms with van der Waals surface area (Å²) in [5, 5.41) is 18.2. The molecule has 1 saturated heterocycles. The molecule has 6 nitrogen and oxygen atoms in total. The Balaban J connectivity index is 0.00000137. The molecule has 0 radical (unpaired) electrons. The van der Waals surface area contributed by atoms with Gasteiger partial charge in [0.15, 0.2) is 0 Å². The summed E-state index contributed by atoms with van der Waals surface area (Å²) in [7, 11) is 0. The molecule has 0 spiro atoms. The zero-order valence-electron chi connectivity index (χ0n) is 11.6. The van der Waals surface area contributed by atoms with Crippen molar-refractivity contribution in [3.8, 4) is 0 Å². The first kappa shape index (κ1) is 16.7. The van der Waals surface area contributed by atoms with Crippen LogP contribution in [0.15, 0.2) is 0 Å². The third-order valence-electron chi connectivity index (χ3n) is 2.19. The Bertz CT molecular complexity index is 297. The number of amides is 1. The molecule has 0 saturated carbocycles. The molecule has 1 amide bonds. The monoisotopic (exact) mass is 261 g/mol. The maximum atomic E-state index is 11.7. The van der Waals surface area contributed by atoms with Crippen molar-refractivity contribution < 1.29 is 24.5 Å². The lowest BCUT2D eigenvalue weighted by molar-refractivity contribution is -0.142. The van der Waals surface area contributed by atoms with E-state index < -0.39 is 29.8 Å². The molecule has 0 aromatic rings. The van der Waals surface area contributed by atoms with E-state index in [1.807, 2.05) is 13.8 Å². The lowest BCUT2D eigenvalue weighted by atomic mass is 10.2. The summed E-state index contributed by atoms with van der Waals surface area (Å²) in [6.45, 7) is 9.11. The molecule has 6 heteroatoms. The summed E-state index contributed by atoms with van der Waals surface area (Å²) in [5.74, 6) is -1.12. The van der Waals surface area contributed by atoms with Crippen molar-refractivity contribution in [1.29, 1.82) is 0 Å². The molecule has 0 aromatic carbocycles. The molecule has 1 aliphatic rings. The number of aliphatic carboxylic acids is 1. The van der Waals surface area contributed by atoms with E-state index in [0.717, 1.165) is 4.90 Å². The van der Waals surface area contributed by atoms with E-state index in [1.165, 1.54) is 0 Å². The first-order valence-corrected chi connectivity index (χ1v) is 6.11. The number of carboxylic acids is 1. The third kappa shape index (κ3) is 4.91. The minimum absolute atomic E-state index is 0.00583. The van der Waals surface area contributed by atoms with Gasteiger partial charge in [0.05, 0.1) is 12.6 Å². The Morgan fingerprint density at radius 1 is 1.28 bits per heavy atom. The van der Waals surface area contributed by atoms with Crippen LogP contribution in [0.25, 0.3) is 0 Å². The van der Waals surface area contributed by atoms with E-state index in [4.69, 9.17) is 9.84 Å². The predicted octanol–water partition coefficient (Wildman–Crippen LogP) is 1.47. The van der Waals surface area contributed by atoms with Gasteiger partial charge in [-0.15, -0.1) is 0 Å². The number of hydrogen-bond acceptors (Lipinski definition) is 4. The third-order valence-corrected chi connectivity index (χ3v) is 2.19. The smallest absolute Gasteiger partial charge is 0.411 e. The van der Waals surface area contributed by atoms with Crippen LogP contribution < -0.4 is 0 Å². The molecule has 2 unspecified atom stereocenters. The highest BCUT2D eigenvalue weighted by molar-refractivity contribution is 5.81. The van der Waals surface area contributed by atoms with E-state index >= 15 is 0 Å². The van der Waals surface area contributed by atoms with Gasteiger partial charge >= 0.3 is 12.1 Å². The Morgan fingerprint density at radius 3 is 2.17 bits per heavy atom. The minimum Gasteiger partial charge on any atom is -0.480 e. The van der Waals surface area contributed by atoms with Crippen molar-refractivity contribution in [3.63, 3.8) is 0 Å². The number of hydrogen-bond donors (Lipinski definition) is 2. The second kappa shape index (κ2) is 6.58. The van der Waals surface area contributed by atoms with E-state index in [2.05, 4.69) is 0 Å². The molecule has 0 aliphatic carbocycles. The molecule has 0 aromatic heterocycles. The number of β-amino-alcohol motifs (C(OH)–C–C–N with tert-alkyl or cyclic N) is 1. The van der Waals surface area contributed by atoms with Crippen molar-refractivity contribution in [3.05, 3.63) is 0 Å². The molecule has 1 aliphatic heterocycles. The fourth-order valence-electron chi connectivity index (χ4n) is 1.57. The summed E-state index contributed by atoms with van der Waals surface area (Å²) < 4.78 is 5.06. The number of carboxylic acid groups (broad SMARTS) is 1. The zero-order chi connectivity index (χ0) is 14.5. The first-order chi connectivity index (χ1) is 8.20. The highest BCUT2D eigenvalue weighted by atomic mass is 16.6. The predicted molar refractivity (Wildman–Crippen MR) is 66.3 cm³/mol. The average Bonchev–Trinajstić information content (AvgIpc) is 2.61. The second-order valence-electron chi connectivity index (χ2n) is 4.88. The molecule has 1 heterocycles. The molecule has 2 N–H and O–H groups in total. The van der Waals surface area contributed by atoms with Crippen molar-refractivity contribution in [2.75, 3.05) is 6.54 Å². The maximum absolute atomic E-state index is 11.7. The van der Waals surface area contributed by atoms with Gasteiger partial charge in [0.2, 0.25) is 0 Å². The normalized spacial score (nSPS) is 23.1. The summed E-state index contributed by atoms with van der Waals surface area (Å²) in [6.07, 6.45) is -1.45. The summed E-state index contributed by atoms with van der Waals surface area (Å²) in [6, 6.07) is -0.996. The number of aliphatic hydroxyl groups is 1. The molecular formula is C12H23NO5. The standard InChI is InChI=1S/C10H17NO5.C2H6/c1-10(2,3)16-9(15)11-5-6(12)4-7(11)8(13)14;1-2/h6-7,12H,4-5H2,1-3H3,(H,13,14);1-2H3. The number of carbonyl (C=O) groups is 2. The number of ether oxygens (including phenoxy) is 1. The lowest BCUT2D eigenvalue weighted by Crippen LogP contribution is -2.43. The molecule has 0 bridgehead atoms. The van der Waals surface area contributed by atoms with Gasteiger partial charge in [-0.05, 0) is 20.8 Å². The number of nitrogens with zero attached hydrogens (tertiary/aromatic N) is 1. The van der Waals surface area contributed by atoms with E-state index in [-0.39, 0.29) is 13.0 Å². The molecule has 2 atom stereocenters. The van der Waals surface area contributed by atoms with Crippen LogP contribution in [0.3, 0.4) is 0 Å². The van der Waals surface area contributed by atoms with Crippen LogP contribution in [0.1, 0.15) is 41.0 Å². The Morgan fingerprint density at radius 2 is 1.78 bits per heavy atom. The highest BCUT2D eigenvalue weighted by Gasteiger charge is 2.40. The summed E-state index contributed by atoms with van der Waals surface area (Å²) >= 11 is 0. The van der Waals surface area contributed by atoms with E-state index in [0.29, 0.717) is 0 Å². The highest BCUT2D eigenvalue weighted by Crippen LogP contribution is 2.21. The van der Waals surface area contributed by atoms with Crippen molar-refractivity contribution >= 4 is 12.1 Å². The molecule has 18 heavy (non-hydrogen) atoms. The number of likely N-dealkylation sites (tertiary alicyclic amines) is 1. The van der Waals surface area contributed by atoms with Gasteiger partial charge in [-0.3, -0.25) is 4.90 Å². The van der Waals surface area contributed by atoms with E-state index in [9.17, 15) is 14.7 Å². The number of carbonyl (C=O) groups excluding carboxylic acids is 1. The number of rotatable bonds is 1. The van der Waals surface area contributed by atoms with Gasteiger partial charge in [-0.25, -0.2) is 9.59 Å². The van der Waals surface area contributed by atoms with Crippen molar-refractivity contribution in [2.24, 2.45) is 0 Å². The van der Waals surface area contributed by atoms with Gasteiger partial charge < -0.3 is 14.9 Å². The molecule has 1 fully saturated rings. The van der Waals surface area contributed by atoms with Crippen LogP contribution in [0.2, 0.25) is 0 Å². The van der Waals surface area contributed by atoms with E-state index in [1.54, 1.807) is 20.8 Å². The van der Waals surface area contributed by atoms with Gasteiger partial charge in [0, 0.05) is 6.42 Å². The van der Waals surface area contributed by atoms with Crippen LogP contribution in [0, 0.1) is 0 Å². The van der Waals surface area contributed by atoms with Crippen molar-refractivity contribution in [2.45, 2.75) is 58.8 Å². The number of aliphatic hydroxyl groups excluding tert-OH is 1. The fraction of sp³-hybridized carbons (Fsp3) is 0.833. The Hall–Kier alpha value is -1.30. The van der Waals surface area contributed by atoms with Crippen molar-refractivity contribution in [1.82, 2.24) is 4.90 Å². The summed E-state index contributed by atoms with van der Waals surface area (Å²) in [5.41, 5.74) is -0.673. The molecule has 106 valence electrons. The summed E-state index contributed by atoms with van der Waals surface area (Å²) in [4.78, 5) is 23.6. The minimum atomic E-state index is -1.12. The topological polar surface area (TPSA) is 87.1 Å². The van der Waals surface area contributed by atoms with Crippen LogP contribution in [0.5, 0.6) is 0 Å². The largest absolute Gasteiger partial charge is 0.480 e. The first-order valence-electron chi connectivity index (χ1n) is 6.11. The Labute approximate surface area is 108 Å². The van der Waals surface area contributed by atoms with Gasteiger partial charge in [-0.1, -0.05) is 13.8 Å². The van der Waals surface area contributed by atoms with Crippen LogP contribution >= 0.6 is 0 Å². The van der Waals surface area contributed by atoms with Crippen LogP contribution in [-0.4, -0.2) is 51.5 Å². The van der Waals surface area contributed by atoms with Crippen LogP contribution in [0.4, 0.5) is 4.79 Å². The fourth-order valence-corrected chi connectivity index (χ4v) is 1.57. The van der Waals surface area contributed by atoms with Gasteiger partial charge in [0.1, 0.15) is 11.6 Å². The Kier molecular flexibility index (Phi) is 6.11. The van der Waals surface area contributed by atoms with Gasteiger partial charge in [0.25, 0.3) is 0 Å². The zero-order valence-corrected chi connectivity index (χ0v) is 11.6. The lowest BCUT2D eigenvalue weighted by Gasteiger charge is -2.26. The SMILES string of the molecule is CC.CC(C)(C)OC(=O)N1CC(O)CC1C(=O)O. The molecule has 1 rings (SSSR count). The second-order valence-corrected chi connectivity index (χ2v) is 4.88. The van der Waals surface area contributed by atoms with Crippen LogP contribution in [-0.2, 0) is 9.53 Å². The molecular weight excluding hydrogens is 238 g/mol.